The maximum atomic E-state index is 12.8. The lowest BCUT2D eigenvalue weighted by Gasteiger charge is -2.18. The van der Waals surface area contributed by atoms with Crippen LogP contribution in [0.1, 0.15) is 35.3 Å². The van der Waals surface area contributed by atoms with Gasteiger partial charge in [0.25, 0.3) is 0 Å². The first-order chi connectivity index (χ1) is 15.3. The molecule has 0 heterocycles. The molecule has 0 fully saturated rings. The van der Waals surface area contributed by atoms with Gasteiger partial charge in [-0.15, -0.1) is 9.24 Å². The molecule has 0 saturated carbocycles. The molecular formula is C28H25O3P. The highest BCUT2D eigenvalue weighted by molar-refractivity contribution is 7.18. The van der Waals surface area contributed by atoms with E-state index in [1.54, 1.807) is 36.4 Å². The van der Waals surface area contributed by atoms with Crippen molar-refractivity contribution in [2.45, 2.75) is 19.0 Å². The third-order valence-corrected chi connectivity index (χ3v) is 5.63. The van der Waals surface area contributed by atoms with Gasteiger partial charge in [0.05, 0.1) is 0 Å². The Bertz CT molecular complexity index is 1200. The SMILES string of the molecule is CC(C)(P)c1ccc(C(=O)c2ccc(Oc3ccc(-c4ccc(O)cc4)cc3)cc2)cc1. The highest BCUT2D eigenvalue weighted by Crippen LogP contribution is 2.31. The number of hydrogen-bond donors (Lipinski definition) is 1. The first-order valence-corrected chi connectivity index (χ1v) is 11.0. The summed E-state index contributed by atoms with van der Waals surface area (Å²) in [7, 11) is 2.82. The molecule has 0 bridgehead atoms. The first kappa shape index (κ1) is 21.8. The average Bonchev–Trinajstić information content (AvgIpc) is 2.80. The number of carbonyl (C=O) groups excluding carboxylic acids is 1. The van der Waals surface area contributed by atoms with Crippen LogP contribution < -0.4 is 4.74 Å². The van der Waals surface area contributed by atoms with E-state index in [9.17, 15) is 9.90 Å². The van der Waals surface area contributed by atoms with E-state index in [0.717, 1.165) is 11.1 Å². The molecule has 0 aliphatic carbocycles. The van der Waals surface area contributed by atoms with Gasteiger partial charge in [0.2, 0.25) is 0 Å². The fourth-order valence-electron chi connectivity index (χ4n) is 3.40. The van der Waals surface area contributed by atoms with Crippen LogP contribution in [0.2, 0.25) is 0 Å². The van der Waals surface area contributed by atoms with Crippen LogP contribution in [-0.2, 0) is 5.16 Å². The summed E-state index contributed by atoms with van der Waals surface area (Å²) in [4.78, 5) is 12.8. The van der Waals surface area contributed by atoms with Crippen molar-refractivity contribution in [2.24, 2.45) is 0 Å². The Labute approximate surface area is 190 Å². The summed E-state index contributed by atoms with van der Waals surface area (Å²) in [5.41, 5.74) is 4.51. The molecule has 0 amide bonds. The van der Waals surface area contributed by atoms with Gasteiger partial charge >= 0.3 is 0 Å². The number of rotatable bonds is 6. The molecule has 0 saturated heterocycles. The summed E-state index contributed by atoms with van der Waals surface area (Å²) in [5.74, 6) is 1.61. The Morgan fingerprint density at radius 2 is 1.09 bits per heavy atom. The van der Waals surface area contributed by atoms with Crippen LogP contribution in [-0.4, -0.2) is 10.9 Å². The second kappa shape index (κ2) is 8.98. The van der Waals surface area contributed by atoms with Crippen LogP contribution in [0.5, 0.6) is 17.2 Å². The number of ketones is 1. The molecule has 0 aliphatic rings. The van der Waals surface area contributed by atoms with E-state index < -0.39 is 0 Å². The van der Waals surface area contributed by atoms with Crippen LogP contribution in [0.3, 0.4) is 0 Å². The van der Waals surface area contributed by atoms with Crippen molar-refractivity contribution in [2.75, 3.05) is 0 Å². The molecule has 4 aromatic rings. The van der Waals surface area contributed by atoms with Crippen molar-refractivity contribution >= 4 is 15.0 Å². The van der Waals surface area contributed by atoms with Crippen molar-refractivity contribution in [3.63, 3.8) is 0 Å². The van der Waals surface area contributed by atoms with E-state index in [1.807, 2.05) is 60.7 Å². The van der Waals surface area contributed by atoms with E-state index in [2.05, 4.69) is 23.1 Å². The average molecular weight is 440 g/mol. The number of aromatic hydroxyl groups is 1. The molecule has 4 heteroatoms. The standard InChI is InChI=1S/C28H25O3P/c1-28(2,32)23-11-3-21(4-12-23)27(30)22-9-17-26(18-10-22)31-25-15-7-20(8-16-25)19-5-13-24(29)14-6-19/h3-18,29H,32H2,1-2H3. The van der Waals surface area contributed by atoms with Gasteiger partial charge in [0.1, 0.15) is 17.2 Å². The maximum Gasteiger partial charge on any atom is 0.193 e. The van der Waals surface area contributed by atoms with E-state index in [-0.39, 0.29) is 16.7 Å². The number of hydrogen-bond acceptors (Lipinski definition) is 3. The monoisotopic (exact) mass is 440 g/mol. The molecule has 3 nitrogen and oxygen atoms in total. The van der Waals surface area contributed by atoms with E-state index in [0.29, 0.717) is 22.6 Å². The van der Waals surface area contributed by atoms with Gasteiger partial charge in [0, 0.05) is 16.3 Å². The largest absolute Gasteiger partial charge is 0.508 e. The predicted molar refractivity (Wildman–Crippen MR) is 133 cm³/mol. The van der Waals surface area contributed by atoms with Crippen LogP contribution >= 0.6 is 9.24 Å². The molecule has 0 aliphatic heterocycles. The Hall–Kier alpha value is -3.42. The van der Waals surface area contributed by atoms with E-state index >= 15 is 0 Å². The zero-order chi connectivity index (χ0) is 22.7. The molecule has 4 aromatic carbocycles. The van der Waals surface area contributed by atoms with Gasteiger partial charge in [0.15, 0.2) is 5.78 Å². The summed E-state index contributed by atoms with van der Waals surface area (Å²) in [5, 5.41) is 9.40. The maximum absolute atomic E-state index is 12.8. The van der Waals surface area contributed by atoms with Gasteiger partial charge in [-0.2, -0.15) is 0 Å². The minimum Gasteiger partial charge on any atom is -0.508 e. The van der Waals surface area contributed by atoms with Gasteiger partial charge in [-0.05, 0) is 65.2 Å². The van der Waals surface area contributed by atoms with Gasteiger partial charge < -0.3 is 9.84 Å². The van der Waals surface area contributed by atoms with Gasteiger partial charge in [-0.3, -0.25) is 4.79 Å². The molecule has 160 valence electrons. The van der Waals surface area contributed by atoms with Crippen molar-refractivity contribution in [1.29, 1.82) is 0 Å². The number of phenols is 1. The van der Waals surface area contributed by atoms with Crippen LogP contribution in [0.25, 0.3) is 11.1 Å². The Morgan fingerprint density at radius 1 is 0.688 bits per heavy atom. The van der Waals surface area contributed by atoms with Crippen LogP contribution in [0.4, 0.5) is 0 Å². The minimum atomic E-state index is -0.0250. The number of phenolic OH excluding ortho intramolecular Hbond substituents is 1. The van der Waals surface area contributed by atoms with Crippen molar-refractivity contribution < 1.29 is 14.6 Å². The summed E-state index contributed by atoms with van der Waals surface area (Å²) in [6, 6.07) is 29.8. The second-order valence-corrected chi connectivity index (χ2v) is 9.77. The first-order valence-electron chi connectivity index (χ1n) is 10.4. The van der Waals surface area contributed by atoms with Crippen LogP contribution in [0, 0.1) is 0 Å². The number of ether oxygens (including phenoxy) is 1. The lowest BCUT2D eigenvalue weighted by molar-refractivity contribution is 0.103. The Kier molecular flexibility index (Phi) is 6.12. The molecule has 0 spiro atoms. The molecule has 4 rings (SSSR count). The normalized spacial score (nSPS) is 11.2. The third kappa shape index (κ3) is 5.07. The second-order valence-electron chi connectivity index (χ2n) is 8.33. The Balaban J connectivity index is 1.43. The lowest BCUT2D eigenvalue weighted by atomic mass is 9.97. The van der Waals surface area contributed by atoms with Crippen LogP contribution in [0.15, 0.2) is 97.1 Å². The molecule has 1 atom stereocenters. The molecule has 1 unspecified atom stereocenters. The topological polar surface area (TPSA) is 46.5 Å². The third-order valence-electron chi connectivity index (χ3n) is 5.30. The van der Waals surface area contributed by atoms with Gasteiger partial charge in [-0.1, -0.05) is 62.4 Å². The van der Waals surface area contributed by atoms with Crippen molar-refractivity contribution in [3.8, 4) is 28.4 Å². The van der Waals surface area contributed by atoms with E-state index in [4.69, 9.17) is 4.74 Å². The van der Waals surface area contributed by atoms with Crippen molar-refractivity contribution in [1.82, 2.24) is 0 Å². The fourth-order valence-corrected chi connectivity index (χ4v) is 3.59. The highest BCUT2D eigenvalue weighted by Gasteiger charge is 2.15. The molecule has 0 aromatic heterocycles. The van der Waals surface area contributed by atoms with Gasteiger partial charge in [-0.25, -0.2) is 0 Å². The predicted octanol–water partition coefficient (Wildman–Crippen LogP) is 7.19. The molecular weight excluding hydrogens is 415 g/mol. The summed E-state index contributed by atoms with van der Waals surface area (Å²) >= 11 is 0. The lowest BCUT2D eigenvalue weighted by Crippen LogP contribution is -2.07. The molecule has 1 N–H and O–H groups in total. The summed E-state index contributed by atoms with van der Waals surface area (Å²) in [6.07, 6.45) is 0. The van der Waals surface area contributed by atoms with Crippen molar-refractivity contribution in [3.05, 3.63) is 114 Å². The molecule has 32 heavy (non-hydrogen) atoms. The van der Waals surface area contributed by atoms with E-state index in [1.165, 1.54) is 5.56 Å². The zero-order valence-electron chi connectivity index (χ0n) is 18.1. The molecule has 0 radical (unpaired) electrons. The minimum absolute atomic E-state index is 0.0112. The highest BCUT2D eigenvalue weighted by atomic mass is 31.0. The quantitative estimate of drug-likeness (QED) is 0.255. The summed E-state index contributed by atoms with van der Waals surface area (Å²) in [6.45, 7) is 4.24. The summed E-state index contributed by atoms with van der Waals surface area (Å²) < 4.78 is 5.93. The number of benzene rings is 4. The zero-order valence-corrected chi connectivity index (χ0v) is 19.2. The smallest absolute Gasteiger partial charge is 0.193 e. The fraction of sp³-hybridized carbons (Fsp3) is 0.107. The Morgan fingerprint density at radius 3 is 1.56 bits per heavy atom. The number of carbonyl (C=O) groups is 1.